The van der Waals surface area contributed by atoms with Gasteiger partial charge in [0.2, 0.25) is 0 Å². The molecule has 0 aliphatic rings. The van der Waals surface area contributed by atoms with Gasteiger partial charge in [-0.25, -0.2) is 0 Å². The molecule has 3 heteroatoms. The van der Waals surface area contributed by atoms with E-state index in [1.807, 2.05) is 30.5 Å². The zero-order valence-corrected chi connectivity index (χ0v) is 7.21. The zero-order valence-electron chi connectivity index (χ0n) is 5.57. The molecule has 0 spiro atoms. The average Bonchev–Trinajstić information content (AvgIpc) is 2.05. The first-order chi connectivity index (χ1) is 4.86. The lowest BCUT2D eigenvalue weighted by Crippen LogP contribution is -1.70. The SMILES string of the molecule is CSc1cccc(SO)c1. The fourth-order valence-electron chi connectivity index (χ4n) is 0.658. The van der Waals surface area contributed by atoms with Crippen molar-refractivity contribution < 1.29 is 4.55 Å². The molecule has 1 aromatic rings. The van der Waals surface area contributed by atoms with E-state index < -0.39 is 0 Å². The number of benzene rings is 1. The standard InChI is InChI=1S/C7H8OS2/c1-9-6-3-2-4-7(5-6)10-8/h2-5,8H,1H3. The molecular formula is C7H8OS2. The smallest absolute Gasteiger partial charge is 0.0361 e. The van der Waals surface area contributed by atoms with E-state index >= 15 is 0 Å². The lowest BCUT2D eigenvalue weighted by molar-refractivity contribution is 0.663. The number of rotatable bonds is 2. The fourth-order valence-corrected chi connectivity index (χ4v) is 1.51. The van der Waals surface area contributed by atoms with Gasteiger partial charge in [0.1, 0.15) is 0 Å². The van der Waals surface area contributed by atoms with Crippen LogP contribution in [0.15, 0.2) is 34.1 Å². The Morgan fingerprint density at radius 1 is 1.30 bits per heavy atom. The molecule has 1 aromatic carbocycles. The van der Waals surface area contributed by atoms with Gasteiger partial charge in [0.05, 0.1) is 0 Å². The van der Waals surface area contributed by atoms with Crippen LogP contribution < -0.4 is 0 Å². The highest BCUT2D eigenvalue weighted by Gasteiger charge is 1.91. The predicted molar refractivity (Wildman–Crippen MR) is 46.7 cm³/mol. The van der Waals surface area contributed by atoms with Gasteiger partial charge in [0.25, 0.3) is 0 Å². The maximum Gasteiger partial charge on any atom is 0.0361 e. The van der Waals surface area contributed by atoms with E-state index in [0.29, 0.717) is 0 Å². The topological polar surface area (TPSA) is 20.2 Å². The summed E-state index contributed by atoms with van der Waals surface area (Å²) in [6.45, 7) is 0. The molecule has 0 saturated carbocycles. The monoisotopic (exact) mass is 172 g/mol. The Morgan fingerprint density at radius 2 is 2.00 bits per heavy atom. The normalized spacial score (nSPS) is 9.80. The van der Waals surface area contributed by atoms with Crippen molar-refractivity contribution in [1.82, 2.24) is 0 Å². The largest absolute Gasteiger partial charge is 0.325 e. The summed E-state index contributed by atoms with van der Waals surface area (Å²) >= 11 is 2.46. The highest BCUT2D eigenvalue weighted by atomic mass is 32.2. The molecule has 0 aromatic heterocycles. The summed E-state index contributed by atoms with van der Waals surface area (Å²) in [7, 11) is 0. The van der Waals surface area contributed by atoms with E-state index in [0.717, 1.165) is 16.9 Å². The first kappa shape index (κ1) is 7.98. The van der Waals surface area contributed by atoms with Gasteiger partial charge in [-0.2, -0.15) is 0 Å². The molecule has 0 fully saturated rings. The third-order valence-electron chi connectivity index (χ3n) is 1.15. The molecule has 1 rings (SSSR count). The van der Waals surface area contributed by atoms with Crippen LogP contribution in [0.5, 0.6) is 0 Å². The van der Waals surface area contributed by atoms with Crippen LogP contribution in [0.25, 0.3) is 0 Å². The first-order valence-electron chi connectivity index (χ1n) is 2.82. The molecule has 0 radical (unpaired) electrons. The molecule has 0 aliphatic heterocycles. The summed E-state index contributed by atoms with van der Waals surface area (Å²) in [5, 5.41) is 0. The van der Waals surface area contributed by atoms with E-state index in [1.54, 1.807) is 11.8 Å². The average molecular weight is 172 g/mol. The molecule has 1 nitrogen and oxygen atoms in total. The van der Waals surface area contributed by atoms with E-state index in [2.05, 4.69) is 0 Å². The van der Waals surface area contributed by atoms with Crippen LogP contribution in [0.1, 0.15) is 0 Å². The van der Waals surface area contributed by atoms with Gasteiger partial charge in [0.15, 0.2) is 0 Å². The highest BCUT2D eigenvalue weighted by molar-refractivity contribution is 7.98. The second-order valence-corrected chi connectivity index (χ2v) is 3.30. The molecule has 0 atom stereocenters. The van der Waals surface area contributed by atoms with Crippen LogP contribution in [0.4, 0.5) is 0 Å². The quantitative estimate of drug-likeness (QED) is 0.547. The third-order valence-corrected chi connectivity index (χ3v) is 2.34. The summed E-state index contributed by atoms with van der Waals surface area (Å²) in [5.74, 6) is 0. The molecule has 0 heterocycles. The number of thioether (sulfide) groups is 1. The van der Waals surface area contributed by atoms with E-state index in [4.69, 9.17) is 4.55 Å². The molecule has 0 aliphatic carbocycles. The molecule has 0 bridgehead atoms. The van der Waals surface area contributed by atoms with Gasteiger partial charge in [-0.1, -0.05) is 6.07 Å². The summed E-state index contributed by atoms with van der Waals surface area (Å²) < 4.78 is 8.66. The minimum absolute atomic E-state index is 0.785. The van der Waals surface area contributed by atoms with Crippen molar-refractivity contribution >= 4 is 23.8 Å². The molecule has 1 N–H and O–H groups in total. The Bertz CT molecular complexity index is 193. The van der Waals surface area contributed by atoms with Gasteiger partial charge in [-0.05, 0) is 24.5 Å². The van der Waals surface area contributed by atoms with Crippen LogP contribution >= 0.6 is 23.8 Å². The Kier molecular flexibility index (Phi) is 3.12. The Labute approximate surface area is 69.0 Å². The number of hydrogen-bond acceptors (Lipinski definition) is 3. The lowest BCUT2D eigenvalue weighted by atomic mass is 10.4. The third kappa shape index (κ3) is 1.94. The summed E-state index contributed by atoms with van der Waals surface area (Å²) in [6.07, 6.45) is 2.02. The minimum atomic E-state index is 0.785. The van der Waals surface area contributed by atoms with Crippen molar-refractivity contribution in [3.05, 3.63) is 24.3 Å². The van der Waals surface area contributed by atoms with Gasteiger partial charge >= 0.3 is 0 Å². The van der Waals surface area contributed by atoms with Crippen LogP contribution in [0.3, 0.4) is 0 Å². The van der Waals surface area contributed by atoms with Crippen molar-refractivity contribution in [1.29, 1.82) is 0 Å². The second-order valence-electron chi connectivity index (χ2n) is 1.77. The zero-order chi connectivity index (χ0) is 7.40. The minimum Gasteiger partial charge on any atom is -0.325 e. The first-order valence-corrected chi connectivity index (χ1v) is 4.82. The maximum atomic E-state index is 8.66. The van der Waals surface area contributed by atoms with Gasteiger partial charge in [-0.15, -0.1) is 11.8 Å². The van der Waals surface area contributed by atoms with Crippen molar-refractivity contribution in [2.75, 3.05) is 6.26 Å². The van der Waals surface area contributed by atoms with Gasteiger partial charge < -0.3 is 4.55 Å². The molecule has 10 heavy (non-hydrogen) atoms. The molecule has 0 saturated heterocycles. The molecule has 0 amide bonds. The molecule has 0 unspecified atom stereocenters. The van der Waals surface area contributed by atoms with Crippen LogP contribution in [-0.2, 0) is 0 Å². The van der Waals surface area contributed by atoms with Crippen molar-refractivity contribution in [2.24, 2.45) is 0 Å². The van der Waals surface area contributed by atoms with Crippen LogP contribution in [0, 0.1) is 0 Å². The Balaban J connectivity index is 2.87. The van der Waals surface area contributed by atoms with Gasteiger partial charge in [-0.3, -0.25) is 0 Å². The van der Waals surface area contributed by atoms with Crippen molar-refractivity contribution in [3.63, 3.8) is 0 Å². The van der Waals surface area contributed by atoms with Gasteiger partial charge in [0, 0.05) is 21.8 Å². The predicted octanol–water partition coefficient (Wildman–Crippen LogP) is 2.97. The summed E-state index contributed by atoms with van der Waals surface area (Å²) in [5.41, 5.74) is 0. The highest BCUT2D eigenvalue weighted by Crippen LogP contribution is 2.20. The molecule has 54 valence electrons. The Hall–Kier alpha value is -0.120. The summed E-state index contributed by atoms with van der Waals surface area (Å²) in [6, 6.07) is 7.79. The van der Waals surface area contributed by atoms with E-state index in [-0.39, 0.29) is 0 Å². The van der Waals surface area contributed by atoms with Crippen molar-refractivity contribution in [3.8, 4) is 0 Å². The van der Waals surface area contributed by atoms with Crippen LogP contribution in [-0.4, -0.2) is 10.8 Å². The molecular weight excluding hydrogens is 164 g/mol. The fraction of sp³-hybridized carbons (Fsp3) is 0.143. The van der Waals surface area contributed by atoms with Crippen molar-refractivity contribution in [2.45, 2.75) is 9.79 Å². The van der Waals surface area contributed by atoms with E-state index in [1.165, 1.54) is 4.90 Å². The van der Waals surface area contributed by atoms with E-state index in [9.17, 15) is 0 Å². The second kappa shape index (κ2) is 3.91. The maximum absolute atomic E-state index is 8.66. The number of hydrogen-bond donors (Lipinski definition) is 1. The lowest BCUT2D eigenvalue weighted by Gasteiger charge is -1.96. The van der Waals surface area contributed by atoms with Crippen LogP contribution in [0.2, 0.25) is 0 Å². The summed E-state index contributed by atoms with van der Waals surface area (Å²) in [4.78, 5) is 2.07. The Morgan fingerprint density at radius 3 is 2.60 bits per heavy atom.